The van der Waals surface area contributed by atoms with E-state index in [4.69, 9.17) is 20.9 Å². The molecule has 0 aliphatic carbocycles. The fourth-order valence-electron chi connectivity index (χ4n) is 3.78. The number of carbonyl (C=O) groups is 1. The van der Waals surface area contributed by atoms with Crippen LogP contribution >= 0.6 is 0 Å². The molecule has 0 N–H and O–H groups in total. The van der Waals surface area contributed by atoms with Crippen molar-refractivity contribution in [2.45, 2.75) is 18.9 Å². The maximum atomic E-state index is 12.9. The van der Waals surface area contributed by atoms with Crippen molar-refractivity contribution in [3.8, 4) is 23.8 Å². The summed E-state index contributed by atoms with van der Waals surface area (Å²) in [4.78, 5) is 19.4. The summed E-state index contributed by atoms with van der Waals surface area (Å²) in [5.74, 6) is 4.82. The number of terminal acetylenes is 1. The summed E-state index contributed by atoms with van der Waals surface area (Å²) in [5, 5.41) is 0. The molecule has 2 aromatic carbocycles. The molecule has 1 unspecified atom stereocenters. The van der Waals surface area contributed by atoms with Gasteiger partial charge in [0.05, 0.1) is 37.5 Å². The highest BCUT2D eigenvalue weighted by Gasteiger charge is 2.36. The van der Waals surface area contributed by atoms with Crippen molar-refractivity contribution >= 4 is 22.6 Å². The van der Waals surface area contributed by atoms with Gasteiger partial charge >= 0.3 is 0 Å². The summed E-state index contributed by atoms with van der Waals surface area (Å²) in [5.41, 5.74) is 2.58. The SMILES string of the molecule is C#CCn1c(C2CC(=O)N(c3cc(OC)ccc3OC)C2)nc2ccccc21. The maximum Gasteiger partial charge on any atom is 0.227 e. The summed E-state index contributed by atoms with van der Waals surface area (Å²) in [7, 11) is 3.19. The molecule has 0 bridgehead atoms. The van der Waals surface area contributed by atoms with E-state index in [1.54, 1.807) is 19.1 Å². The van der Waals surface area contributed by atoms with Gasteiger partial charge in [-0.15, -0.1) is 6.42 Å². The Bertz CT molecular complexity index is 1080. The molecule has 6 nitrogen and oxygen atoms in total. The highest BCUT2D eigenvalue weighted by Crippen LogP contribution is 2.39. The summed E-state index contributed by atoms with van der Waals surface area (Å²) in [6.07, 6.45) is 5.96. The molecule has 28 heavy (non-hydrogen) atoms. The number of amides is 1. The minimum Gasteiger partial charge on any atom is -0.497 e. The number of hydrogen-bond donors (Lipinski definition) is 0. The Morgan fingerprint density at radius 3 is 2.79 bits per heavy atom. The van der Waals surface area contributed by atoms with Crippen LogP contribution in [0.1, 0.15) is 18.2 Å². The van der Waals surface area contributed by atoms with E-state index in [1.165, 1.54) is 0 Å². The third-order valence-corrected chi connectivity index (χ3v) is 5.10. The highest BCUT2D eigenvalue weighted by molar-refractivity contribution is 5.98. The largest absolute Gasteiger partial charge is 0.497 e. The first-order valence-corrected chi connectivity index (χ1v) is 9.07. The summed E-state index contributed by atoms with van der Waals surface area (Å²) >= 11 is 0. The molecule has 0 radical (unpaired) electrons. The van der Waals surface area contributed by atoms with Gasteiger partial charge in [0.15, 0.2) is 0 Å². The monoisotopic (exact) mass is 375 g/mol. The van der Waals surface area contributed by atoms with Crippen molar-refractivity contribution in [2.75, 3.05) is 25.7 Å². The first-order chi connectivity index (χ1) is 13.7. The molecule has 4 rings (SSSR count). The van der Waals surface area contributed by atoms with Crippen molar-refractivity contribution in [1.82, 2.24) is 9.55 Å². The number of para-hydroxylation sites is 2. The van der Waals surface area contributed by atoms with E-state index in [9.17, 15) is 4.79 Å². The predicted molar refractivity (Wildman–Crippen MR) is 108 cm³/mol. The van der Waals surface area contributed by atoms with Crippen LogP contribution in [-0.2, 0) is 11.3 Å². The molecular formula is C22H21N3O3. The number of rotatable bonds is 5. The maximum absolute atomic E-state index is 12.9. The predicted octanol–water partition coefficient (Wildman–Crippen LogP) is 3.21. The molecule has 1 atom stereocenters. The highest BCUT2D eigenvalue weighted by atomic mass is 16.5. The number of hydrogen-bond acceptors (Lipinski definition) is 4. The van der Waals surface area contributed by atoms with E-state index in [-0.39, 0.29) is 11.8 Å². The lowest BCUT2D eigenvalue weighted by atomic mass is 10.1. The van der Waals surface area contributed by atoms with Gasteiger partial charge in [-0.25, -0.2) is 4.98 Å². The molecule has 0 spiro atoms. The van der Waals surface area contributed by atoms with E-state index in [2.05, 4.69) is 5.92 Å². The number of carbonyl (C=O) groups excluding carboxylic acids is 1. The number of benzene rings is 2. The molecule has 2 heterocycles. The Balaban J connectivity index is 1.73. The Morgan fingerprint density at radius 2 is 2.04 bits per heavy atom. The van der Waals surface area contributed by atoms with Gasteiger partial charge < -0.3 is 18.9 Å². The van der Waals surface area contributed by atoms with Crippen LogP contribution in [0.4, 0.5) is 5.69 Å². The average molecular weight is 375 g/mol. The smallest absolute Gasteiger partial charge is 0.227 e. The fourth-order valence-corrected chi connectivity index (χ4v) is 3.78. The van der Waals surface area contributed by atoms with Gasteiger partial charge in [-0.2, -0.15) is 0 Å². The number of anilines is 1. The molecule has 1 fully saturated rings. The molecule has 1 aliphatic heterocycles. The topological polar surface area (TPSA) is 56.6 Å². The number of aromatic nitrogens is 2. The summed E-state index contributed by atoms with van der Waals surface area (Å²) in [6.45, 7) is 0.930. The molecule has 1 saturated heterocycles. The second-order valence-electron chi connectivity index (χ2n) is 6.69. The van der Waals surface area contributed by atoms with Gasteiger partial charge in [0.1, 0.15) is 17.3 Å². The van der Waals surface area contributed by atoms with Crippen LogP contribution in [0.15, 0.2) is 42.5 Å². The second-order valence-corrected chi connectivity index (χ2v) is 6.69. The van der Waals surface area contributed by atoms with E-state index in [0.29, 0.717) is 36.7 Å². The Kier molecular flexibility index (Phi) is 4.66. The lowest BCUT2D eigenvalue weighted by molar-refractivity contribution is -0.117. The van der Waals surface area contributed by atoms with E-state index < -0.39 is 0 Å². The zero-order chi connectivity index (χ0) is 19.7. The van der Waals surface area contributed by atoms with E-state index in [1.807, 2.05) is 47.0 Å². The molecule has 142 valence electrons. The molecule has 6 heteroatoms. The lowest BCUT2D eigenvalue weighted by Crippen LogP contribution is -2.25. The third-order valence-electron chi connectivity index (χ3n) is 5.10. The minimum absolute atomic E-state index is 0.0240. The Hall–Kier alpha value is -3.46. The van der Waals surface area contributed by atoms with Crippen LogP contribution in [0, 0.1) is 12.3 Å². The van der Waals surface area contributed by atoms with Crippen molar-refractivity contribution in [3.63, 3.8) is 0 Å². The number of nitrogens with zero attached hydrogens (tertiary/aromatic N) is 3. The molecular weight excluding hydrogens is 354 g/mol. The van der Waals surface area contributed by atoms with Crippen molar-refractivity contribution in [1.29, 1.82) is 0 Å². The normalized spacial score (nSPS) is 16.4. The summed E-state index contributed by atoms with van der Waals surface area (Å²) < 4.78 is 12.8. The Labute approximate surface area is 163 Å². The van der Waals surface area contributed by atoms with Crippen LogP contribution in [0.3, 0.4) is 0 Å². The first kappa shape index (κ1) is 17.9. The zero-order valence-corrected chi connectivity index (χ0v) is 15.9. The standard InChI is InChI=1S/C22H21N3O3/c1-4-11-24-18-8-6-5-7-17(18)23-22(24)15-12-21(26)25(14-15)19-13-16(27-2)9-10-20(19)28-3/h1,5-10,13,15H,11-12,14H2,2-3H3. The Morgan fingerprint density at radius 1 is 1.21 bits per heavy atom. The van der Waals surface area contributed by atoms with Crippen LogP contribution in [-0.4, -0.2) is 36.2 Å². The van der Waals surface area contributed by atoms with E-state index >= 15 is 0 Å². The van der Waals surface area contributed by atoms with Gasteiger partial charge in [-0.05, 0) is 24.3 Å². The molecule has 1 aromatic heterocycles. The van der Waals surface area contributed by atoms with Gasteiger partial charge in [-0.3, -0.25) is 4.79 Å². The van der Waals surface area contributed by atoms with Gasteiger partial charge in [0.2, 0.25) is 5.91 Å². The van der Waals surface area contributed by atoms with Crippen LogP contribution < -0.4 is 14.4 Å². The first-order valence-electron chi connectivity index (χ1n) is 9.07. The molecule has 3 aromatic rings. The average Bonchev–Trinajstić information content (AvgIpc) is 3.28. The third kappa shape index (κ3) is 2.95. The molecule has 1 aliphatic rings. The lowest BCUT2D eigenvalue weighted by Gasteiger charge is -2.20. The van der Waals surface area contributed by atoms with Gasteiger partial charge in [0, 0.05) is 24.9 Å². The molecule has 1 amide bonds. The number of imidazole rings is 1. The van der Waals surface area contributed by atoms with Crippen LogP contribution in [0.5, 0.6) is 11.5 Å². The van der Waals surface area contributed by atoms with Crippen LogP contribution in [0.25, 0.3) is 11.0 Å². The summed E-state index contributed by atoms with van der Waals surface area (Å²) in [6, 6.07) is 13.3. The number of methoxy groups -OCH3 is 2. The van der Waals surface area contributed by atoms with Crippen molar-refractivity contribution in [2.24, 2.45) is 0 Å². The van der Waals surface area contributed by atoms with Gasteiger partial charge in [0.25, 0.3) is 0 Å². The minimum atomic E-state index is -0.0517. The second kappa shape index (κ2) is 7.28. The van der Waals surface area contributed by atoms with Crippen LogP contribution in [0.2, 0.25) is 0 Å². The molecule has 0 saturated carbocycles. The fraction of sp³-hybridized carbons (Fsp3) is 0.273. The zero-order valence-electron chi connectivity index (χ0n) is 15.9. The van der Waals surface area contributed by atoms with Crippen molar-refractivity contribution in [3.05, 3.63) is 48.3 Å². The number of ether oxygens (including phenoxy) is 2. The van der Waals surface area contributed by atoms with Crippen molar-refractivity contribution < 1.29 is 14.3 Å². The quantitative estimate of drug-likeness (QED) is 0.643. The van der Waals surface area contributed by atoms with E-state index in [0.717, 1.165) is 16.9 Å². The number of fused-ring (bicyclic) bond motifs is 1. The van der Waals surface area contributed by atoms with Gasteiger partial charge in [-0.1, -0.05) is 18.1 Å².